The molecule has 0 saturated carbocycles. The molecule has 1 aliphatic heterocycles. The summed E-state index contributed by atoms with van der Waals surface area (Å²) in [7, 11) is 1.41. The zero-order valence-electron chi connectivity index (χ0n) is 15.0. The number of ether oxygens (including phenoxy) is 1. The largest absolute Gasteiger partial charge is 0.464 e. The van der Waals surface area contributed by atoms with Gasteiger partial charge in [0.2, 0.25) is 0 Å². The lowest BCUT2D eigenvalue weighted by Crippen LogP contribution is -2.41. The summed E-state index contributed by atoms with van der Waals surface area (Å²) in [6.45, 7) is 2.57. The van der Waals surface area contributed by atoms with Crippen LogP contribution in [0.3, 0.4) is 0 Å². The van der Waals surface area contributed by atoms with E-state index >= 15 is 0 Å². The smallest absolute Gasteiger partial charge is 0.354 e. The van der Waals surface area contributed by atoms with Crippen molar-refractivity contribution >= 4 is 18.6 Å². The van der Waals surface area contributed by atoms with Crippen LogP contribution >= 0.6 is 12.6 Å². The lowest BCUT2D eigenvalue weighted by atomic mass is 10.1. The number of nitrogens with one attached hydrogen (secondary N) is 1. The second-order valence-electron chi connectivity index (χ2n) is 6.41. The van der Waals surface area contributed by atoms with Gasteiger partial charge in [0.15, 0.2) is 0 Å². The summed E-state index contributed by atoms with van der Waals surface area (Å²) in [5.41, 5.74) is 6.95. The number of esters is 1. The van der Waals surface area contributed by atoms with Crippen LogP contribution in [0, 0.1) is 0 Å². The van der Waals surface area contributed by atoms with E-state index in [0.29, 0.717) is 12.2 Å². The Morgan fingerprint density at radius 1 is 1.19 bits per heavy atom. The summed E-state index contributed by atoms with van der Waals surface area (Å²) in [6, 6.07) is 11.9. The molecule has 1 aliphatic rings. The van der Waals surface area contributed by atoms with Crippen LogP contribution < -0.4 is 5.43 Å². The summed E-state index contributed by atoms with van der Waals surface area (Å²) < 4.78 is 6.87. The van der Waals surface area contributed by atoms with Crippen LogP contribution in [0.4, 0.5) is 0 Å². The number of nitrogens with zero attached hydrogens (tertiary/aromatic N) is 2. The number of carbonyl (C=O) groups excluding carboxylic acids is 1. The normalized spacial score (nSPS) is 15.7. The molecule has 5 nitrogen and oxygen atoms in total. The van der Waals surface area contributed by atoms with Crippen LogP contribution in [0.2, 0.25) is 0 Å². The van der Waals surface area contributed by atoms with Crippen molar-refractivity contribution in [3.05, 3.63) is 59.4 Å². The second-order valence-corrected chi connectivity index (χ2v) is 6.67. The summed E-state index contributed by atoms with van der Waals surface area (Å²) >= 11 is 4.35. The molecule has 0 aliphatic carbocycles. The Kier molecular flexibility index (Phi) is 6.41. The van der Waals surface area contributed by atoms with Crippen LogP contribution in [0.15, 0.2) is 53.7 Å². The number of methoxy groups -OCH3 is 1. The average molecular weight is 372 g/mol. The molecule has 2 heterocycles. The highest BCUT2D eigenvalue weighted by Gasteiger charge is 2.17. The number of benzene rings is 1. The van der Waals surface area contributed by atoms with Gasteiger partial charge in [-0.2, -0.15) is 0 Å². The van der Waals surface area contributed by atoms with E-state index in [4.69, 9.17) is 4.74 Å². The SMILES string of the molecule is COC(=O)c1cc(-c2ccccc2)cn1C/C(=C/S)NN1CCCCC1. The van der Waals surface area contributed by atoms with Crippen molar-refractivity contribution in [1.82, 2.24) is 15.0 Å². The predicted octanol–water partition coefficient (Wildman–Crippen LogP) is 3.70. The average Bonchev–Trinajstić information content (AvgIpc) is 3.12. The maximum absolute atomic E-state index is 12.2. The molecule has 0 amide bonds. The van der Waals surface area contributed by atoms with Gasteiger partial charge in [0.25, 0.3) is 0 Å². The van der Waals surface area contributed by atoms with Crippen LogP contribution in [-0.2, 0) is 11.3 Å². The molecule has 1 aromatic heterocycles. The first-order valence-electron chi connectivity index (χ1n) is 8.90. The van der Waals surface area contributed by atoms with Crippen LogP contribution in [0.5, 0.6) is 0 Å². The molecular formula is C20H25N3O2S. The Morgan fingerprint density at radius 2 is 1.92 bits per heavy atom. The summed E-state index contributed by atoms with van der Waals surface area (Å²) in [4.78, 5) is 12.2. The molecule has 1 saturated heterocycles. The zero-order valence-corrected chi connectivity index (χ0v) is 15.9. The Hall–Kier alpha value is -2.18. The van der Waals surface area contributed by atoms with E-state index in [1.165, 1.54) is 26.4 Å². The molecule has 0 radical (unpaired) electrons. The highest BCUT2D eigenvalue weighted by atomic mass is 32.1. The molecule has 0 unspecified atom stereocenters. The quantitative estimate of drug-likeness (QED) is 0.600. The maximum atomic E-state index is 12.2. The van der Waals surface area contributed by atoms with Gasteiger partial charge in [-0.15, -0.1) is 12.6 Å². The Labute approximate surface area is 160 Å². The molecule has 1 aromatic carbocycles. The molecule has 2 aromatic rings. The van der Waals surface area contributed by atoms with Crippen molar-refractivity contribution in [2.24, 2.45) is 0 Å². The molecule has 3 rings (SSSR count). The minimum atomic E-state index is -0.344. The molecule has 6 heteroatoms. The van der Waals surface area contributed by atoms with Gasteiger partial charge in [0.1, 0.15) is 5.69 Å². The first-order chi connectivity index (χ1) is 12.7. The number of hydrogen-bond acceptors (Lipinski definition) is 5. The molecule has 0 atom stereocenters. The number of hydrazine groups is 1. The third-order valence-electron chi connectivity index (χ3n) is 4.55. The maximum Gasteiger partial charge on any atom is 0.354 e. The Bertz CT molecular complexity index is 765. The number of allylic oxidation sites excluding steroid dienone is 1. The van der Waals surface area contributed by atoms with Crippen molar-refractivity contribution in [2.45, 2.75) is 25.8 Å². The van der Waals surface area contributed by atoms with E-state index in [9.17, 15) is 4.79 Å². The first-order valence-corrected chi connectivity index (χ1v) is 9.41. The standard InChI is InChI=1S/C20H25N3O2S/c1-25-20(24)19-12-17(16-8-4-2-5-9-16)13-22(19)14-18(15-26)21-23-10-6-3-7-11-23/h2,4-5,8-9,12-13,15,21,26H,3,6-7,10-11,14H2,1H3/b18-15-. The topological polar surface area (TPSA) is 46.5 Å². The number of thiol groups is 1. The Morgan fingerprint density at radius 3 is 2.58 bits per heavy atom. The summed E-state index contributed by atoms with van der Waals surface area (Å²) in [5.74, 6) is -0.344. The van der Waals surface area contributed by atoms with Gasteiger partial charge in [-0.3, -0.25) is 0 Å². The lowest BCUT2D eigenvalue weighted by molar-refractivity contribution is 0.0588. The van der Waals surface area contributed by atoms with Crippen LogP contribution in [-0.4, -0.2) is 35.7 Å². The predicted molar refractivity (Wildman–Crippen MR) is 107 cm³/mol. The van der Waals surface area contributed by atoms with E-state index in [1.807, 2.05) is 47.2 Å². The first kappa shape index (κ1) is 18.6. The van der Waals surface area contributed by atoms with Gasteiger partial charge < -0.3 is 14.7 Å². The summed E-state index contributed by atoms with van der Waals surface area (Å²) in [5, 5.41) is 3.98. The number of rotatable bonds is 6. The fourth-order valence-electron chi connectivity index (χ4n) is 3.20. The molecule has 0 bridgehead atoms. The molecule has 1 fully saturated rings. The fourth-order valence-corrected chi connectivity index (χ4v) is 3.34. The minimum Gasteiger partial charge on any atom is -0.464 e. The van der Waals surface area contributed by atoms with Crippen molar-refractivity contribution in [1.29, 1.82) is 0 Å². The van der Waals surface area contributed by atoms with Crippen molar-refractivity contribution in [3.63, 3.8) is 0 Å². The fraction of sp³-hybridized carbons (Fsp3) is 0.350. The molecule has 0 spiro atoms. The third kappa shape index (κ3) is 4.51. The zero-order chi connectivity index (χ0) is 18.4. The third-order valence-corrected chi connectivity index (χ3v) is 4.86. The minimum absolute atomic E-state index is 0.344. The van der Waals surface area contributed by atoms with E-state index in [-0.39, 0.29) is 5.97 Å². The van der Waals surface area contributed by atoms with E-state index in [1.54, 1.807) is 5.41 Å². The number of hydrogen-bond donors (Lipinski definition) is 2. The van der Waals surface area contributed by atoms with Crippen molar-refractivity contribution in [2.75, 3.05) is 20.2 Å². The van der Waals surface area contributed by atoms with Crippen molar-refractivity contribution < 1.29 is 9.53 Å². The van der Waals surface area contributed by atoms with Gasteiger partial charge in [-0.1, -0.05) is 36.8 Å². The van der Waals surface area contributed by atoms with E-state index in [0.717, 1.165) is 29.9 Å². The molecule has 1 N–H and O–H groups in total. The second kappa shape index (κ2) is 8.96. The van der Waals surface area contributed by atoms with Gasteiger partial charge in [0.05, 0.1) is 19.4 Å². The van der Waals surface area contributed by atoms with Crippen LogP contribution in [0.1, 0.15) is 29.8 Å². The molecular weight excluding hydrogens is 346 g/mol. The lowest BCUT2D eigenvalue weighted by Gasteiger charge is -2.29. The van der Waals surface area contributed by atoms with Gasteiger partial charge >= 0.3 is 5.97 Å². The van der Waals surface area contributed by atoms with E-state index in [2.05, 4.69) is 23.1 Å². The highest BCUT2D eigenvalue weighted by Crippen LogP contribution is 2.23. The number of carbonyl (C=O) groups is 1. The van der Waals surface area contributed by atoms with Gasteiger partial charge in [0, 0.05) is 24.8 Å². The molecule has 26 heavy (non-hydrogen) atoms. The highest BCUT2D eigenvalue weighted by molar-refractivity contribution is 7.83. The number of piperidine rings is 1. The Balaban J connectivity index is 1.82. The monoisotopic (exact) mass is 371 g/mol. The van der Waals surface area contributed by atoms with E-state index < -0.39 is 0 Å². The summed E-state index contributed by atoms with van der Waals surface area (Å²) in [6.07, 6.45) is 5.66. The molecule has 138 valence electrons. The van der Waals surface area contributed by atoms with Crippen molar-refractivity contribution in [3.8, 4) is 11.1 Å². The van der Waals surface area contributed by atoms with Gasteiger partial charge in [-0.05, 0) is 29.9 Å². The number of aromatic nitrogens is 1. The van der Waals surface area contributed by atoms with Gasteiger partial charge in [-0.25, -0.2) is 9.80 Å². The van der Waals surface area contributed by atoms with Crippen LogP contribution in [0.25, 0.3) is 11.1 Å².